The first-order chi connectivity index (χ1) is 9.85. The molecule has 0 atom stereocenters. The maximum Gasteiger partial charge on any atom is 0.338 e. The van der Waals surface area contributed by atoms with Crippen LogP contribution in [-0.4, -0.2) is 31.8 Å². The van der Waals surface area contributed by atoms with Crippen molar-refractivity contribution in [1.82, 2.24) is 14.8 Å². The summed E-state index contributed by atoms with van der Waals surface area (Å²) in [6, 6.07) is 1.11. The maximum atomic E-state index is 14.0. The summed E-state index contributed by atoms with van der Waals surface area (Å²) < 4.78 is 40.7. The minimum Gasteiger partial charge on any atom is -0.478 e. The van der Waals surface area contributed by atoms with Gasteiger partial charge in [0.1, 0.15) is 5.82 Å². The summed E-state index contributed by atoms with van der Waals surface area (Å²) in [7, 11) is 0. The molecule has 0 spiro atoms. The summed E-state index contributed by atoms with van der Waals surface area (Å²) in [6.45, 7) is 0. The van der Waals surface area contributed by atoms with Crippen LogP contribution in [0, 0.1) is 5.82 Å². The van der Waals surface area contributed by atoms with E-state index in [0.717, 1.165) is 12.3 Å². The second-order valence-corrected chi connectivity index (χ2v) is 5.00. The Morgan fingerprint density at radius 2 is 2.10 bits per heavy atom. The van der Waals surface area contributed by atoms with E-state index in [-0.39, 0.29) is 16.9 Å². The van der Waals surface area contributed by atoms with Gasteiger partial charge in [-0.3, -0.25) is 4.98 Å². The third-order valence-corrected chi connectivity index (χ3v) is 3.43. The highest BCUT2D eigenvalue weighted by Crippen LogP contribution is 2.48. The summed E-state index contributed by atoms with van der Waals surface area (Å²) in [6.07, 6.45) is 2.83. The van der Waals surface area contributed by atoms with E-state index >= 15 is 0 Å². The minimum absolute atomic E-state index is 0.00953. The third-order valence-electron chi connectivity index (χ3n) is 3.43. The summed E-state index contributed by atoms with van der Waals surface area (Å²) in [5.74, 6) is -5.17. The molecule has 0 aliphatic heterocycles. The number of hydrogen-bond acceptors (Lipinski definition) is 3. The molecule has 1 fully saturated rings. The van der Waals surface area contributed by atoms with E-state index in [1.165, 1.54) is 17.1 Å². The van der Waals surface area contributed by atoms with E-state index < -0.39 is 36.5 Å². The van der Waals surface area contributed by atoms with Gasteiger partial charge >= 0.3 is 5.97 Å². The van der Waals surface area contributed by atoms with Crippen LogP contribution in [0.3, 0.4) is 0 Å². The number of aromatic carboxylic acids is 1. The standard InChI is InChI=1S/C13H10F3N3O2/c14-10-1-9(19-6-8(4-18-19)12(20)21)5-17-11(10)7-2-13(15,16)3-7/h1,4-7H,2-3H2,(H,20,21). The Labute approximate surface area is 117 Å². The molecule has 1 N–H and O–H groups in total. The Kier molecular flexibility index (Phi) is 2.96. The molecule has 0 saturated heterocycles. The number of nitrogens with zero attached hydrogens (tertiary/aromatic N) is 3. The molecule has 0 bridgehead atoms. The number of carbonyl (C=O) groups is 1. The minimum atomic E-state index is -2.74. The normalized spacial score (nSPS) is 17.5. The number of pyridine rings is 1. The van der Waals surface area contributed by atoms with Gasteiger partial charge in [0.15, 0.2) is 0 Å². The summed E-state index contributed by atoms with van der Waals surface area (Å²) in [5, 5.41) is 12.6. The molecule has 110 valence electrons. The van der Waals surface area contributed by atoms with Gasteiger partial charge in [0.2, 0.25) is 5.92 Å². The first-order valence-corrected chi connectivity index (χ1v) is 6.17. The van der Waals surface area contributed by atoms with Crippen molar-refractivity contribution in [2.75, 3.05) is 0 Å². The van der Waals surface area contributed by atoms with Crippen LogP contribution in [0.2, 0.25) is 0 Å². The van der Waals surface area contributed by atoms with Crippen molar-refractivity contribution in [3.8, 4) is 5.69 Å². The average molecular weight is 297 g/mol. The number of hydrogen-bond donors (Lipinski definition) is 1. The molecule has 2 aromatic heterocycles. The zero-order valence-electron chi connectivity index (χ0n) is 10.6. The Hall–Kier alpha value is -2.38. The lowest BCUT2D eigenvalue weighted by Crippen LogP contribution is -2.34. The van der Waals surface area contributed by atoms with Crippen molar-refractivity contribution in [2.24, 2.45) is 0 Å². The lowest BCUT2D eigenvalue weighted by molar-refractivity contribution is -0.0882. The van der Waals surface area contributed by atoms with Gasteiger partial charge in [0.25, 0.3) is 0 Å². The molecule has 3 rings (SSSR count). The maximum absolute atomic E-state index is 14.0. The van der Waals surface area contributed by atoms with E-state index in [1.54, 1.807) is 0 Å². The third kappa shape index (κ3) is 2.48. The van der Waals surface area contributed by atoms with Crippen LogP contribution < -0.4 is 0 Å². The monoisotopic (exact) mass is 297 g/mol. The van der Waals surface area contributed by atoms with Crippen molar-refractivity contribution in [1.29, 1.82) is 0 Å². The zero-order valence-corrected chi connectivity index (χ0v) is 10.6. The van der Waals surface area contributed by atoms with Crippen LogP contribution in [0.5, 0.6) is 0 Å². The van der Waals surface area contributed by atoms with Crippen LogP contribution >= 0.6 is 0 Å². The molecule has 0 amide bonds. The van der Waals surface area contributed by atoms with E-state index in [1.807, 2.05) is 0 Å². The first-order valence-electron chi connectivity index (χ1n) is 6.17. The Balaban J connectivity index is 1.85. The van der Waals surface area contributed by atoms with Crippen molar-refractivity contribution in [3.05, 3.63) is 41.7 Å². The molecule has 21 heavy (non-hydrogen) atoms. The molecule has 1 aliphatic carbocycles. The number of aromatic nitrogens is 3. The van der Waals surface area contributed by atoms with Gasteiger partial charge in [-0.05, 0) is 0 Å². The van der Waals surface area contributed by atoms with Gasteiger partial charge in [-0.25, -0.2) is 22.6 Å². The van der Waals surface area contributed by atoms with Gasteiger partial charge in [-0.2, -0.15) is 5.10 Å². The summed E-state index contributed by atoms with van der Waals surface area (Å²) >= 11 is 0. The second-order valence-electron chi connectivity index (χ2n) is 5.00. The van der Waals surface area contributed by atoms with Gasteiger partial charge < -0.3 is 5.11 Å². The van der Waals surface area contributed by atoms with E-state index in [2.05, 4.69) is 10.1 Å². The van der Waals surface area contributed by atoms with Crippen LogP contribution in [0.25, 0.3) is 5.69 Å². The summed E-state index contributed by atoms with van der Waals surface area (Å²) in [5.41, 5.74) is 0.197. The lowest BCUT2D eigenvalue weighted by atomic mass is 9.79. The topological polar surface area (TPSA) is 68.0 Å². The summed E-state index contributed by atoms with van der Waals surface area (Å²) in [4.78, 5) is 14.6. The van der Waals surface area contributed by atoms with Gasteiger partial charge in [-0.15, -0.1) is 0 Å². The van der Waals surface area contributed by atoms with Crippen LogP contribution in [-0.2, 0) is 0 Å². The quantitative estimate of drug-likeness (QED) is 0.945. The number of rotatable bonds is 3. The molecule has 0 radical (unpaired) electrons. The molecular formula is C13H10F3N3O2. The van der Waals surface area contributed by atoms with E-state index in [4.69, 9.17) is 5.11 Å². The number of alkyl halides is 2. The van der Waals surface area contributed by atoms with Gasteiger partial charge in [0, 0.05) is 31.0 Å². The fraction of sp³-hybridized carbons (Fsp3) is 0.308. The fourth-order valence-corrected chi connectivity index (χ4v) is 2.29. The van der Waals surface area contributed by atoms with Crippen molar-refractivity contribution < 1.29 is 23.1 Å². The van der Waals surface area contributed by atoms with Crippen LogP contribution in [0.1, 0.15) is 34.8 Å². The number of carboxylic acids is 1. The highest BCUT2D eigenvalue weighted by Gasteiger charge is 2.47. The number of halogens is 3. The van der Waals surface area contributed by atoms with Gasteiger partial charge in [0.05, 0.1) is 29.3 Å². The highest BCUT2D eigenvalue weighted by molar-refractivity contribution is 5.86. The largest absolute Gasteiger partial charge is 0.478 e. The molecule has 2 heterocycles. The Bertz CT molecular complexity index is 706. The van der Waals surface area contributed by atoms with E-state index in [9.17, 15) is 18.0 Å². The zero-order chi connectivity index (χ0) is 15.2. The highest BCUT2D eigenvalue weighted by atomic mass is 19.3. The molecule has 0 aromatic carbocycles. The Morgan fingerprint density at radius 3 is 2.62 bits per heavy atom. The average Bonchev–Trinajstić information content (AvgIpc) is 2.85. The second kappa shape index (κ2) is 4.57. The molecule has 1 saturated carbocycles. The van der Waals surface area contributed by atoms with Crippen LogP contribution in [0.4, 0.5) is 13.2 Å². The smallest absolute Gasteiger partial charge is 0.338 e. The molecule has 1 aliphatic rings. The molecule has 5 nitrogen and oxygen atoms in total. The van der Waals surface area contributed by atoms with Crippen molar-refractivity contribution >= 4 is 5.97 Å². The lowest BCUT2D eigenvalue weighted by Gasteiger charge is -2.34. The molecular weight excluding hydrogens is 287 g/mol. The predicted octanol–water partition coefficient (Wildman–Crippen LogP) is 2.62. The predicted molar refractivity (Wildman–Crippen MR) is 65.2 cm³/mol. The van der Waals surface area contributed by atoms with Crippen molar-refractivity contribution in [3.63, 3.8) is 0 Å². The Morgan fingerprint density at radius 1 is 1.38 bits per heavy atom. The fourth-order valence-electron chi connectivity index (χ4n) is 2.29. The molecule has 8 heteroatoms. The number of carboxylic acid groups (broad SMARTS) is 1. The SMILES string of the molecule is O=C(O)c1cnn(-c2cnc(C3CC(F)(F)C3)c(F)c2)c1. The molecule has 0 unspecified atom stereocenters. The van der Waals surface area contributed by atoms with Crippen molar-refractivity contribution in [2.45, 2.75) is 24.7 Å². The van der Waals surface area contributed by atoms with E-state index in [0.29, 0.717) is 0 Å². The first kappa shape index (κ1) is 13.6. The van der Waals surface area contributed by atoms with Gasteiger partial charge in [-0.1, -0.05) is 0 Å². The molecule has 2 aromatic rings. The van der Waals surface area contributed by atoms with Crippen LogP contribution in [0.15, 0.2) is 24.7 Å².